The summed E-state index contributed by atoms with van der Waals surface area (Å²) in [5, 5.41) is 7.88. The van der Waals surface area contributed by atoms with Gasteiger partial charge in [0.1, 0.15) is 12.1 Å². The van der Waals surface area contributed by atoms with Crippen LogP contribution in [0.5, 0.6) is 0 Å². The van der Waals surface area contributed by atoms with E-state index in [0.717, 1.165) is 18.5 Å². The van der Waals surface area contributed by atoms with Crippen LogP contribution in [0.25, 0.3) is 0 Å². The molecule has 2 aromatic heterocycles. The van der Waals surface area contributed by atoms with Crippen molar-refractivity contribution < 1.29 is 9.59 Å². The van der Waals surface area contributed by atoms with E-state index in [1.807, 2.05) is 19.2 Å². The van der Waals surface area contributed by atoms with Gasteiger partial charge in [-0.05, 0) is 36.8 Å². The van der Waals surface area contributed by atoms with Gasteiger partial charge in [0.05, 0.1) is 5.69 Å². The maximum Gasteiger partial charge on any atom is 0.263 e. The topological polar surface area (TPSA) is 93.1 Å². The molecule has 0 aliphatic heterocycles. The molecule has 7 nitrogen and oxygen atoms in total. The molecule has 2 N–H and O–H groups in total. The average molecular weight is 374 g/mol. The monoisotopic (exact) mass is 374 g/mol. The van der Waals surface area contributed by atoms with E-state index in [2.05, 4.69) is 15.6 Å². The summed E-state index contributed by atoms with van der Waals surface area (Å²) in [6, 6.07) is 3.08. The molecule has 0 unspecified atom stereocenters. The molecule has 1 fully saturated rings. The quantitative estimate of drug-likeness (QED) is 0.777. The zero-order valence-electron chi connectivity index (χ0n) is 14.8. The molecule has 0 atom stereocenters. The number of aromatic nitrogens is 2. The largest absolute Gasteiger partial charge is 0.352 e. The molecule has 2 heterocycles. The number of hydrogen-bond acceptors (Lipinski definition) is 5. The highest BCUT2D eigenvalue weighted by molar-refractivity contribution is 7.13. The number of thiazole rings is 1. The third-order valence-electron chi connectivity index (χ3n) is 4.19. The molecular formula is C18H22N4O3S. The maximum absolute atomic E-state index is 12.5. The fraction of sp³-hybridized carbons (Fsp3) is 0.444. The Morgan fingerprint density at radius 2 is 2.15 bits per heavy atom. The van der Waals surface area contributed by atoms with Gasteiger partial charge in [-0.2, -0.15) is 0 Å². The Morgan fingerprint density at radius 1 is 1.38 bits per heavy atom. The molecule has 2 amide bonds. The SMILES string of the molecule is CC(C)c1csc(NC(=O)Cn2cccc(C(=O)NCC3CC3)c2=O)n1. The number of pyridine rings is 1. The van der Waals surface area contributed by atoms with Crippen molar-refractivity contribution in [1.82, 2.24) is 14.9 Å². The van der Waals surface area contributed by atoms with Gasteiger partial charge < -0.3 is 15.2 Å². The first-order valence-corrected chi connectivity index (χ1v) is 9.55. The number of anilines is 1. The van der Waals surface area contributed by atoms with Gasteiger partial charge in [-0.15, -0.1) is 11.3 Å². The number of hydrogen-bond donors (Lipinski definition) is 2. The van der Waals surface area contributed by atoms with Crippen LogP contribution in [0.2, 0.25) is 0 Å². The standard InChI is InChI=1S/C18H22N4O3S/c1-11(2)14-10-26-18(20-14)21-15(23)9-22-7-3-4-13(17(22)25)16(24)19-8-12-5-6-12/h3-4,7,10-12H,5-6,8-9H2,1-2H3,(H,19,24)(H,20,21,23). The van der Waals surface area contributed by atoms with E-state index in [4.69, 9.17) is 0 Å². The van der Waals surface area contributed by atoms with Gasteiger partial charge in [0.25, 0.3) is 11.5 Å². The Kier molecular flexibility index (Phi) is 5.51. The summed E-state index contributed by atoms with van der Waals surface area (Å²) in [4.78, 5) is 41.2. The highest BCUT2D eigenvalue weighted by Crippen LogP contribution is 2.27. The van der Waals surface area contributed by atoms with E-state index in [9.17, 15) is 14.4 Å². The lowest BCUT2D eigenvalue weighted by Crippen LogP contribution is -2.35. The van der Waals surface area contributed by atoms with E-state index in [0.29, 0.717) is 17.6 Å². The molecule has 2 aromatic rings. The van der Waals surface area contributed by atoms with Gasteiger partial charge in [0, 0.05) is 18.1 Å². The van der Waals surface area contributed by atoms with E-state index < -0.39 is 11.5 Å². The molecule has 0 radical (unpaired) electrons. The molecule has 138 valence electrons. The van der Waals surface area contributed by atoms with Crippen molar-refractivity contribution in [2.45, 2.75) is 39.2 Å². The molecule has 1 aliphatic rings. The lowest BCUT2D eigenvalue weighted by Gasteiger charge is -2.08. The molecule has 3 rings (SSSR count). The molecule has 0 aromatic carbocycles. The first-order valence-electron chi connectivity index (χ1n) is 8.67. The summed E-state index contributed by atoms with van der Waals surface area (Å²) in [5.74, 6) is 0.0699. The zero-order valence-corrected chi connectivity index (χ0v) is 15.6. The normalized spacial score (nSPS) is 13.7. The predicted octanol–water partition coefficient (Wildman–Crippen LogP) is 2.21. The minimum Gasteiger partial charge on any atom is -0.352 e. The first-order chi connectivity index (χ1) is 12.4. The van der Waals surface area contributed by atoms with Crippen molar-refractivity contribution >= 4 is 28.3 Å². The average Bonchev–Trinajstić information content (AvgIpc) is 3.31. The van der Waals surface area contributed by atoms with Crippen LogP contribution in [0.1, 0.15) is 48.7 Å². The summed E-state index contributed by atoms with van der Waals surface area (Å²) in [6.07, 6.45) is 3.74. The maximum atomic E-state index is 12.5. The van der Waals surface area contributed by atoms with Gasteiger partial charge in [0.15, 0.2) is 5.13 Å². The number of amides is 2. The first kappa shape index (κ1) is 18.3. The third kappa shape index (κ3) is 4.57. The second kappa shape index (κ2) is 7.82. The van der Waals surface area contributed by atoms with Crippen molar-refractivity contribution in [1.29, 1.82) is 0 Å². The van der Waals surface area contributed by atoms with Gasteiger partial charge in [0.2, 0.25) is 5.91 Å². The molecule has 0 bridgehead atoms. The van der Waals surface area contributed by atoms with E-state index in [-0.39, 0.29) is 23.9 Å². The minimum atomic E-state index is -0.474. The molecule has 26 heavy (non-hydrogen) atoms. The summed E-state index contributed by atoms with van der Waals surface area (Å²) in [5.41, 5.74) is 0.493. The summed E-state index contributed by atoms with van der Waals surface area (Å²) >= 11 is 1.35. The van der Waals surface area contributed by atoms with Crippen molar-refractivity contribution in [3.8, 4) is 0 Å². The van der Waals surface area contributed by atoms with Crippen LogP contribution < -0.4 is 16.2 Å². The number of nitrogens with one attached hydrogen (secondary N) is 2. The molecule has 0 spiro atoms. The van der Waals surface area contributed by atoms with Crippen molar-refractivity contribution in [2.24, 2.45) is 5.92 Å². The minimum absolute atomic E-state index is 0.0530. The Labute approximate surface area is 155 Å². The predicted molar refractivity (Wildman–Crippen MR) is 101 cm³/mol. The Morgan fingerprint density at radius 3 is 2.81 bits per heavy atom. The summed E-state index contributed by atoms with van der Waals surface area (Å²) < 4.78 is 1.23. The lowest BCUT2D eigenvalue weighted by atomic mass is 10.2. The molecular weight excluding hydrogens is 352 g/mol. The molecule has 0 saturated heterocycles. The van der Waals surface area contributed by atoms with Crippen LogP contribution in [-0.2, 0) is 11.3 Å². The third-order valence-corrected chi connectivity index (χ3v) is 4.96. The smallest absolute Gasteiger partial charge is 0.263 e. The van der Waals surface area contributed by atoms with E-state index >= 15 is 0 Å². The number of carbonyl (C=O) groups excluding carboxylic acids is 2. The highest BCUT2D eigenvalue weighted by atomic mass is 32.1. The highest BCUT2D eigenvalue weighted by Gasteiger charge is 2.22. The van der Waals surface area contributed by atoms with Crippen LogP contribution in [0.4, 0.5) is 5.13 Å². The second-order valence-electron chi connectivity index (χ2n) is 6.79. The fourth-order valence-electron chi connectivity index (χ4n) is 2.41. The van der Waals surface area contributed by atoms with Crippen LogP contribution in [-0.4, -0.2) is 27.9 Å². The van der Waals surface area contributed by atoms with E-state index in [1.165, 1.54) is 28.2 Å². The zero-order chi connectivity index (χ0) is 18.7. The van der Waals surface area contributed by atoms with Gasteiger partial charge in [-0.3, -0.25) is 14.4 Å². The van der Waals surface area contributed by atoms with Crippen LogP contribution in [0.15, 0.2) is 28.5 Å². The summed E-state index contributed by atoms with van der Waals surface area (Å²) in [6.45, 7) is 4.48. The van der Waals surface area contributed by atoms with Crippen molar-refractivity contribution in [2.75, 3.05) is 11.9 Å². The van der Waals surface area contributed by atoms with Gasteiger partial charge >= 0.3 is 0 Å². The molecule has 8 heteroatoms. The fourth-order valence-corrected chi connectivity index (χ4v) is 3.30. The van der Waals surface area contributed by atoms with Gasteiger partial charge in [-0.25, -0.2) is 4.98 Å². The van der Waals surface area contributed by atoms with E-state index in [1.54, 1.807) is 6.07 Å². The van der Waals surface area contributed by atoms with Crippen LogP contribution in [0, 0.1) is 5.92 Å². The summed E-state index contributed by atoms with van der Waals surface area (Å²) in [7, 11) is 0. The van der Waals surface area contributed by atoms with Crippen molar-refractivity contribution in [3.05, 3.63) is 45.3 Å². The molecule has 1 saturated carbocycles. The Bertz CT molecular complexity index is 867. The number of nitrogens with zero attached hydrogens (tertiary/aromatic N) is 2. The second-order valence-corrected chi connectivity index (χ2v) is 7.65. The van der Waals surface area contributed by atoms with Crippen LogP contribution in [0.3, 0.4) is 0 Å². The Balaban J connectivity index is 1.64. The number of carbonyl (C=O) groups is 2. The van der Waals surface area contributed by atoms with Crippen LogP contribution >= 0.6 is 11.3 Å². The number of rotatable bonds is 7. The Hall–Kier alpha value is -2.48. The molecule has 1 aliphatic carbocycles. The lowest BCUT2D eigenvalue weighted by molar-refractivity contribution is -0.116. The van der Waals surface area contributed by atoms with Crippen molar-refractivity contribution in [3.63, 3.8) is 0 Å². The van der Waals surface area contributed by atoms with Gasteiger partial charge in [-0.1, -0.05) is 13.8 Å².